The maximum absolute atomic E-state index is 12.5. The van der Waals surface area contributed by atoms with Gasteiger partial charge in [-0.15, -0.1) is 22.7 Å². The molecule has 8 heteroatoms. The van der Waals surface area contributed by atoms with Crippen LogP contribution in [0, 0.1) is 0 Å². The van der Waals surface area contributed by atoms with Gasteiger partial charge < -0.3 is 10.6 Å². The number of aromatic nitrogens is 1. The average Bonchev–Trinajstić information content (AvgIpc) is 3.43. The number of thiazole rings is 1. The molecule has 134 valence electrons. The van der Waals surface area contributed by atoms with Crippen LogP contribution < -0.4 is 10.6 Å². The third-order valence-electron chi connectivity index (χ3n) is 3.63. The summed E-state index contributed by atoms with van der Waals surface area (Å²) in [6, 6.07) is 12.6. The lowest BCUT2D eigenvalue weighted by Crippen LogP contribution is -2.13. The normalized spacial score (nSPS) is 10.5. The lowest BCUT2D eigenvalue weighted by Gasteiger charge is -2.07. The number of thiophene rings is 2. The number of anilines is 2. The van der Waals surface area contributed by atoms with Crippen molar-refractivity contribution in [2.75, 3.05) is 10.6 Å². The first kappa shape index (κ1) is 17.6. The molecule has 0 aliphatic rings. The molecule has 0 atom stereocenters. The van der Waals surface area contributed by atoms with Crippen LogP contribution in [0.25, 0.3) is 10.6 Å². The van der Waals surface area contributed by atoms with Gasteiger partial charge in [-0.05, 0) is 41.1 Å². The summed E-state index contributed by atoms with van der Waals surface area (Å²) in [4.78, 5) is 29.6. The molecule has 0 spiro atoms. The van der Waals surface area contributed by atoms with Crippen LogP contribution in [0.15, 0.2) is 64.0 Å². The molecule has 4 rings (SSSR count). The van der Waals surface area contributed by atoms with Crippen LogP contribution in [0.1, 0.15) is 20.2 Å². The van der Waals surface area contributed by atoms with E-state index >= 15 is 0 Å². The summed E-state index contributed by atoms with van der Waals surface area (Å²) < 4.78 is 0. The Balaban J connectivity index is 1.45. The molecule has 0 saturated carbocycles. The van der Waals surface area contributed by atoms with Gasteiger partial charge in [0.1, 0.15) is 10.7 Å². The number of carbonyl (C=O) groups is 2. The van der Waals surface area contributed by atoms with Crippen LogP contribution in [-0.4, -0.2) is 16.8 Å². The Kier molecular flexibility index (Phi) is 5.10. The summed E-state index contributed by atoms with van der Waals surface area (Å²) in [6.07, 6.45) is 0. The first-order valence-electron chi connectivity index (χ1n) is 7.93. The average molecular weight is 412 g/mol. The van der Waals surface area contributed by atoms with Crippen LogP contribution in [0.2, 0.25) is 0 Å². The number of benzene rings is 1. The molecule has 2 amide bonds. The van der Waals surface area contributed by atoms with Gasteiger partial charge in [0.15, 0.2) is 0 Å². The van der Waals surface area contributed by atoms with E-state index in [0.29, 0.717) is 21.9 Å². The minimum absolute atomic E-state index is 0.173. The Morgan fingerprint density at radius 3 is 2.37 bits per heavy atom. The third kappa shape index (κ3) is 4.13. The Morgan fingerprint density at radius 1 is 0.852 bits per heavy atom. The zero-order valence-corrected chi connectivity index (χ0v) is 16.3. The van der Waals surface area contributed by atoms with E-state index in [1.54, 1.807) is 47.0 Å². The highest BCUT2D eigenvalue weighted by atomic mass is 32.1. The number of hydrogen-bond acceptors (Lipinski definition) is 6. The summed E-state index contributed by atoms with van der Waals surface area (Å²) >= 11 is 4.40. The molecular formula is C19H13N3O2S3. The molecule has 0 bridgehead atoms. The standard InChI is InChI=1S/C19H13N3O2S3/c23-17(15-11-27-19(22-15)12-6-8-25-10-12)20-13-3-1-4-14(9-13)21-18(24)16-5-2-7-26-16/h1-11H,(H,20,23)(H,21,24). The summed E-state index contributed by atoms with van der Waals surface area (Å²) in [5.41, 5.74) is 2.59. The first-order valence-corrected chi connectivity index (χ1v) is 10.6. The Labute approximate surface area is 167 Å². The largest absolute Gasteiger partial charge is 0.321 e. The molecule has 4 aromatic rings. The quantitative estimate of drug-likeness (QED) is 0.459. The molecule has 3 heterocycles. The van der Waals surface area contributed by atoms with Gasteiger partial charge in [-0.1, -0.05) is 12.1 Å². The molecule has 0 unspecified atom stereocenters. The van der Waals surface area contributed by atoms with Crippen molar-refractivity contribution in [3.63, 3.8) is 0 Å². The Morgan fingerprint density at radius 2 is 1.67 bits per heavy atom. The zero-order valence-electron chi connectivity index (χ0n) is 13.8. The van der Waals surface area contributed by atoms with Crippen LogP contribution in [0.5, 0.6) is 0 Å². The van der Waals surface area contributed by atoms with Crippen molar-refractivity contribution < 1.29 is 9.59 Å². The molecule has 1 aromatic carbocycles. The Hall–Kier alpha value is -2.81. The van der Waals surface area contributed by atoms with Crippen molar-refractivity contribution in [3.8, 4) is 10.6 Å². The van der Waals surface area contributed by atoms with Crippen molar-refractivity contribution in [3.05, 3.63) is 74.6 Å². The number of carbonyl (C=O) groups excluding carboxylic acids is 2. The first-order chi connectivity index (χ1) is 13.2. The fourth-order valence-corrected chi connectivity index (χ4v) is 4.50. The van der Waals surface area contributed by atoms with Crippen molar-refractivity contribution in [1.82, 2.24) is 4.98 Å². The highest BCUT2D eigenvalue weighted by Crippen LogP contribution is 2.26. The highest BCUT2D eigenvalue weighted by molar-refractivity contribution is 7.14. The summed E-state index contributed by atoms with van der Waals surface area (Å²) in [5, 5.41) is 14.0. The predicted octanol–water partition coefficient (Wildman–Crippen LogP) is 5.44. The number of rotatable bonds is 5. The molecule has 27 heavy (non-hydrogen) atoms. The van der Waals surface area contributed by atoms with E-state index < -0.39 is 0 Å². The molecule has 2 N–H and O–H groups in total. The van der Waals surface area contributed by atoms with E-state index in [1.165, 1.54) is 22.7 Å². The monoisotopic (exact) mass is 411 g/mol. The molecule has 5 nitrogen and oxygen atoms in total. The second-order valence-electron chi connectivity index (χ2n) is 5.52. The summed E-state index contributed by atoms with van der Waals surface area (Å²) in [7, 11) is 0. The molecule has 3 aromatic heterocycles. The van der Waals surface area contributed by atoms with Crippen molar-refractivity contribution in [2.24, 2.45) is 0 Å². The zero-order chi connectivity index (χ0) is 18.6. The molecule has 0 aliphatic heterocycles. The fraction of sp³-hybridized carbons (Fsp3) is 0. The van der Waals surface area contributed by atoms with Crippen molar-refractivity contribution in [1.29, 1.82) is 0 Å². The van der Waals surface area contributed by atoms with Crippen LogP contribution in [-0.2, 0) is 0 Å². The van der Waals surface area contributed by atoms with E-state index in [-0.39, 0.29) is 11.8 Å². The lowest BCUT2D eigenvalue weighted by molar-refractivity contribution is 0.101. The lowest BCUT2D eigenvalue weighted by atomic mass is 10.2. The number of amides is 2. The molecular weight excluding hydrogens is 398 g/mol. The minimum atomic E-state index is -0.283. The highest BCUT2D eigenvalue weighted by Gasteiger charge is 2.13. The molecule has 0 radical (unpaired) electrons. The van der Waals surface area contributed by atoms with E-state index in [1.807, 2.05) is 28.3 Å². The maximum Gasteiger partial charge on any atom is 0.275 e. The van der Waals surface area contributed by atoms with Gasteiger partial charge in [0.05, 0.1) is 4.88 Å². The second-order valence-corrected chi connectivity index (χ2v) is 8.10. The second kappa shape index (κ2) is 7.83. The van der Waals surface area contributed by atoms with E-state index in [2.05, 4.69) is 15.6 Å². The van der Waals surface area contributed by atoms with E-state index in [0.717, 1.165) is 10.6 Å². The topological polar surface area (TPSA) is 71.1 Å². The number of nitrogens with one attached hydrogen (secondary N) is 2. The SMILES string of the molecule is O=C(Nc1cccc(NC(=O)c2cccs2)c1)c1csc(-c2ccsc2)n1. The number of hydrogen-bond donors (Lipinski definition) is 2. The van der Waals surface area contributed by atoms with Gasteiger partial charge in [0.2, 0.25) is 0 Å². The van der Waals surface area contributed by atoms with Crippen molar-refractivity contribution in [2.45, 2.75) is 0 Å². The van der Waals surface area contributed by atoms with Gasteiger partial charge in [0, 0.05) is 27.7 Å². The fourth-order valence-electron chi connectivity index (χ4n) is 2.37. The van der Waals surface area contributed by atoms with Gasteiger partial charge in [-0.25, -0.2) is 4.98 Å². The van der Waals surface area contributed by atoms with Gasteiger partial charge in [-0.2, -0.15) is 11.3 Å². The minimum Gasteiger partial charge on any atom is -0.321 e. The molecule has 0 aliphatic carbocycles. The Bertz CT molecular complexity index is 1070. The van der Waals surface area contributed by atoms with Crippen LogP contribution >= 0.6 is 34.0 Å². The number of nitrogens with zero attached hydrogens (tertiary/aromatic N) is 1. The third-order valence-corrected chi connectivity index (χ3v) is 6.07. The van der Waals surface area contributed by atoms with Crippen molar-refractivity contribution >= 4 is 57.2 Å². The smallest absolute Gasteiger partial charge is 0.275 e. The summed E-state index contributed by atoms with van der Waals surface area (Å²) in [6.45, 7) is 0. The molecule has 0 fully saturated rings. The predicted molar refractivity (Wildman–Crippen MR) is 112 cm³/mol. The van der Waals surface area contributed by atoms with Crippen LogP contribution in [0.4, 0.5) is 11.4 Å². The van der Waals surface area contributed by atoms with Gasteiger partial charge >= 0.3 is 0 Å². The maximum atomic E-state index is 12.5. The van der Waals surface area contributed by atoms with Gasteiger partial charge in [0.25, 0.3) is 11.8 Å². The van der Waals surface area contributed by atoms with Crippen LogP contribution in [0.3, 0.4) is 0 Å². The van der Waals surface area contributed by atoms with E-state index in [9.17, 15) is 9.59 Å². The van der Waals surface area contributed by atoms with E-state index in [4.69, 9.17) is 0 Å². The van der Waals surface area contributed by atoms with Gasteiger partial charge in [-0.3, -0.25) is 9.59 Å². The molecule has 0 saturated heterocycles. The summed E-state index contributed by atoms with van der Waals surface area (Å²) in [5.74, 6) is -0.456.